The van der Waals surface area contributed by atoms with E-state index in [4.69, 9.17) is 17.3 Å². The molecule has 0 spiro atoms. The molecule has 1 aliphatic rings. The maximum Gasteiger partial charge on any atom is 0.262 e. The topological polar surface area (TPSA) is 95.1 Å². The molecule has 0 aliphatic heterocycles. The predicted molar refractivity (Wildman–Crippen MR) is 95.0 cm³/mol. The van der Waals surface area contributed by atoms with E-state index in [1.54, 1.807) is 18.2 Å². The van der Waals surface area contributed by atoms with Crippen molar-refractivity contribution in [2.45, 2.75) is 31.8 Å². The van der Waals surface area contributed by atoms with Gasteiger partial charge in [0.05, 0.1) is 27.7 Å². The number of halogens is 1. The van der Waals surface area contributed by atoms with Crippen LogP contribution in [0.5, 0.6) is 0 Å². The summed E-state index contributed by atoms with van der Waals surface area (Å²) < 4.78 is 24.2. The highest BCUT2D eigenvalue weighted by Crippen LogP contribution is 2.39. The molecular formula is C16H20ClN3O3S. The third-order valence-electron chi connectivity index (χ3n) is 4.29. The summed E-state index contributed by atoms with van der Waals surface area (Å²) in [6, 6.07) is 4.82. The average molecular weight is 370 g/mol. The van der Waals surface area contributed by atoms with E-state index in [2.05, 4.69) is 4.98 Å². The van der Waals surface area contributed by atoms with Crippen LogP contribution in [0.25, 0.3) is 10.9 Å². The number of hydrogen-bond acceptors (Lipinski definition) is 5. The lowest BCUT2D eigenvalue weighted by atomic mass is 10.1. The van der Waals surface area contributed by atoms with Crippen molar-refractivity contribution in [2.24, 2.45) is 11.7 Å². The molecule has 1 fully saturated rings. The molecule has 0 saturated heterocycles. The van der Waals surface area contributed by atoms with Crippen LogP contribution in [0.4, 0.5) is 0 Å². The number of benzene rings is 1. The summed E-state index contributed by atoms with van der Waals surface area (Å²) in [7, 11) is -3.09. The molecule has 2 N–H and O–H groups in total. The highest BCUT2D eigenvalue weighted by atomic mass is 35.5. The lowest BCUT2D eigenvalue weighted by Gasteiger charge is -2.18. The first-order valence-electron chi connectivity index (χ1n) is 7.90. The molecule has 1 aromatic carbocycles. The van der Waals surface area contributed by atoms with Crippen molar-refractivity contribution < 1.29 is 8.42 Å². The van der Waals surface area contributed by atoms with Gasteiger partial charge in [-0.05, 0) is 37.3 Å². The Morgan fingerprint density at radius 1 is 1.42 bits per heavy atom. The molecule has 0 bridgehead atoms. The lowest BCUT2D eigenvalue weighted by molar-refractivity contribution is 0.515. The van der Waals surface area contributed by atoms with E-state index in [1.807, 2.05) is 0 Å². The molecule has 1 saturated carbocycles. The second-order valence-electron chi connectivity index (χ2n) is 6.41. The van der Waals surface area contributed by atoms with Crippen LogP contribution in [0.15, 0.2) is 23.0 Å². The molecule has 0 radical (unpaired) electrons. The zero-order valence-electron chi connectivity index (χ0n) is 13.4. The van der Waals surface area contributed by atoms with Gasteiger partial charge in [-0.2, -0.15) is 0 Å². The predicted octanol–water partition coefficient (Wildman–Crippen LogP) is 1.89. The Bertz CT molecular complexity index is 935. The van der Waals surface area contributed by atoms with Crippen LogP contribution in [-0.2, 0) is 16.4 Å². The highest BCUT2D eigenvalue weighted by Gasteiger charge is 2.33. The average Bonchev–Trinajstić information content (AvgIpc) is 3.32. The Hall–Kier alpha value is -1.44. The van der Waals surface area contributed by atoms with Crippen LogP contribution >= 0.6 is 11.6 Å². The molecule has 24 heavy (non-hydrogen) atoms. The molecule has 2 aromatic rings. The lowest BCUT2D eigenvalue weighted by Crippen LogP contribution is -2.31. The fraction of sp³-hybridized carbons (Fsp3) is 0.500. The Kier molecular flexibility index (Phi) is 4.68. The fourth-order valence-corrected chi connectivity index (χ4v) is 3.77. The third-order valence-corrected chi connectivity index (χ3v) is 5.63. The van der Waals surface area contributed by atoms with Crippen molar-refractivity contribution in [3.8, 4) is 0 Å². The van der Waals surface area contributed by atoms with Crippen LogP contribution in [-0.4, -0.2) is 30.0 Å². The zero-order valence-corrected chi connectivity index (χ0v) is 15.0. The van der Waals surface area contributed by atoms with E-state index in [9.17, 15) is 13.2 Å². The Morgan fingerprint density at radius 3 is 2.75 bits per heavy atom. The number of hydrogen-bond donors (Lipinski definition) is 1. The summed E-state index contributed by atoms with van der Waals surface area (Å²) in [4.78, 5) is 17.5. The summed E-state index contributed by atoms with van der Waals surface area (Å²) in [5.74, 6) is 0.860. The first kappa shape index (κ1) is 17.4. The molecule has 3 rings (SSSR count). The molecule has 6 nitrogen and oxygen atoms in total. The molecule has 1 atom stereocenters. The monoisotopic (exact) mass is 369 g/mol. The van der Waals surface area contributed by atoms with Gasteiger partial charge in [-0.25, -0.2) is 13.4 Å². The Morgan fingerprint density at radius 2 is 2.12 bits per heavy atom. The smallest absolute Gasteiger partial charge is 0.262 e. The number of aromatic nitrogens is 2. The fourth-order valence-electron chi connectivity index (χ4n) is 2.86. The summed E-state index contributed by atoms with van der Waals surface area (Å²) >= 11 is 6.17. The van der Waals surface area contributed by atoms with Crippen molar-refractivity contribution >= 4 is 32.3 Å². The number of fused-ring (bicyclic) bond motifs is 1. The van der Waals surface area contributed by atoms with Gasteiger partial charge in [0, 0.05) is 12.8 Å². The SMILES string of the molecule is CS(=O)(=O)CCCn1c(C(N)C2CC2)nc2cccc(Cl)c2c1=O. The number of sulfone groups is 1. The van der Waals surface area contributed by atoms with Crippen LogP contribution in [0.3, 0.4) is 0 Å². The van der Waals surface area contributed by atoms with Gasteiger partial charge in [0.25, 0.3) is 5.56 Å². The van der Waals surface area contributed by atoms with E-state index < -0.39 is 9.84 Å². The maximum atomic E-state index is 12.9. The quantitative estimate of drug-likeness (QED) is 0.838. The van der Waals surface area contributed by atoms with Crippen LogP contribution in [0.1, 0.15) is 31.1 Å². The second kappa shape index (κ2) is 6.46. The van der Waals surface area contributed by atoms with Crippen molar-refractivity contribution in [3.05, 3.63) is 39.4 Å². The van der Waals surface area contributed by atoms with Gasteiger partial charge in [0.2, 0.25) is 0 Å². The van der Waals surface area contributed by atoms with Gasteiger partial charge >= 0.3 is 0 Å². The van der Waals surface area contributed by atoms with E-state index in [0.717, 1.165) is 12.8 Å². The molecule has 1 aromatic heterocycles. The van der Waals surface area contributed by atoms with Crippen LogP contribution in [0.2, 0.25) is 5.02 Å². The molecule has 130 valence electrons. The minimum absolute atomic E-state index is 0.0120. The van der Waals surface area contributed by atoms with Gasteiger partial charge in [-0.1, -0.05) is 17.7 Å². The van der Waals surface area contributed by atoms with Gasteiger partial charge in [-0.3, -0.25) is 9.36 Å². The maximum absolute atomic E-state index is 12.9. The second-order valence-corrected chi connectivity index (χ2v) is 9.07. The van der Waals surface area contributed by atoms with Gasteiger partial charge in [-0.15, -0.1) is 0 Å². The van der Waals surface area contributed by atoms with Gasteiger partial charge in [0.15, 0.2) is 0 Å². The highest BCUT2D eigenvalue weighted by molar-refractivity contribution is 7.90. The molecular weight excluding hydrogens is 350 g/mol. The molecule has 1 aliphatic carbocycles. The number of nitrogens with zero attached hydrogens (tertiary/aromatic N) is 2. The molecule has 8 heteroatoms. The first-order chi connectivity index (χ1) is 11.3. The molecule has 1 heterocycles. The normalized spacial score (nSPS) is 16.5. The largest absolute Gasteiger partial charge is 0.321 e. The van der Waals surface area contributed by atoms with Gasteiger partial charge < -0.3 is 5.73 Å². The van der Waals surface area contributed by atoms with E-state index in [1.165, 1.54) is 10.8 Å². The van der Waals surface area contributed by atoms with Crippen LogP contribution < -0.4 is 11.3 Å². The summed E-state index contributed by atoms with van der Waals surface area (Å²) in [5, 5.41) is 0.693. The minimum atomic E-state index is -3.09. The van der Waals surface area contributed by atoms with E-state index in [-0.39, 0.29) is 23.9 Å². The number of nitrogens with two attached hydrogens (primary N) is 1. The molecule has 0 amide bonds. The standard InChI is InChI=1S/C16H20ClN3O3S/c1-24(22,23)9-3-8-20-15(14(18)10-6-7-10)19-12-5-2-4-11(17)13(12)16(20)21/h2,4-5,10,14H,3,6-9,18H2,1H3. The summed E-state index contributed by atoms with van der Waals surface area (Å²) in [5.41, 5.74) is 6.55. The zero-order chi connectivity index (χ0) is 17.5. The van der Waals surface area contributed by atoms with E-state index in [0.29, 0.717) is 34.1 Å². The first-order valence-corrected chi connectivity index (χ1v) is 10.3. The summed E-state index contributed by atoms with van der Waals surface area (Å²) in [6.45, 7) is 0.260. The number of rotatable bonds is 6. The molecule has 1 unspecified atom stereocenters. The Labute approximate surface area is 145 Å². The third kappa shape index (κ3) is 3.63. The van der Waals surface area contributed by atoms with E-state index >= 15 is 0 Å². The van der Waals surface area contributed by atoms with Crippen molar-refractivity contribution in [2.75, 3.05) is 12.0 Å². The summed E-state index contributed by atoms with van der Waals surface area (Å²) in [6.07, 6.45) is 3.56. The van der Waals surface area contributed by atoms with Crippen LogP contribution in [0, 0.1) is 5.92 Å². The van der Waals surface area contributed by atoms with Crippen molar-refractivity contribution in [1.82, 2.24) is 9.55 Å². The minimum Gasteiger partial charge on any atom is -0.321 e. The Balaban J connectivity index is 2.08. The van der Waals surface area contributed by atoms with Gasteiger partial charge in [0.1, 0.15) is 15.7 Å². The van der Waals surface area contributed by atoms with Crippen molar-refractivity contribution in [1.29, 1.82) is 0 Å². The van der Waals surface area contributed by atoms with Crippen molar-refractivity contribution in [3.63, 3.8) is 0 Å².